The third kappa shape index (κ3) is 4.20. The predicted molar refractivity (Wildman–Crippen MR) is 115 cm³/mol. The first-order valence-electron chi connectivity index (χ1n) is 9.07. The fourth-order valence-corrected chi connectivity index (χ4v) is 3.12. The molecule has 2 heterocycles. The van der Waals surface area contributed by atoms with Crippen LogP contribution in [0.2, 0.25) is 5.02 Å². The van der Waals surface area contributed by atoms with Crippen LogP contribution in [0.3, 0.4) is 0 Å². The van der Waals surface area contributed by atoms with Gasteiger partial charge in [-0.25, -0.2) is 9.98 Å². The summed E-state index contributed by atoms with van der Waals surface area (Å²) in [6.45, 7) is 3.84. The Morgan fingerprint density at radius 3 is 2.66 bits per heavy atom. The summed E-state index contributed by atoms with van der Waals surface area (Å²) in [6.07, 6.45) is 1.70. The minimum absolute atomic E-state index is 0.221. The largest absolute Gasteiger partial charge is 0.438 e. The number of rotatable bonds is 3. The van der Waals surface area contributed by atoms with Crippen molar-refractivity contribution >= 4 is 40.0 Å². The summed E-state index contributed by atoms with van der Waals surface area (Å²) in [5.41, 5.74) is 3.75. The Morgan fingerprint density at radius 2 is 1.90 bits per heavy atom. The third-order valence-corrected chi connectivity index (χ3v) is 4.67. The molecule has 1 N–H and O–H groups in total. The molecular formula is C23H18ClN3O2. The molecule has 0 unspecified atom stereocenters. The van der Waals surface area contributed by atoms with E-state index in [9.17, 15) is 4.79 Å². The molecular weight excluding hydrogens is 386 g/mol. The van der Waals surface area contributed by atoms with E-state index in [2.05, 4.69) is 15.3 Å². The number of aryl methyl sites for hydroxylation is 2. The second-order valence-electron chi connectivity index (χ2n) is 6.72. The summed E-state index contributed by atoms with van der Waals surface area (Å²) in [7, 11) is 0. The van der Waals surface area contributed by atoms with Crippen LogP contribution in [-0.4, -0.2) is 10.9 Å². The molecule has 6 heteroatoms. The Morgan fingerprint density at radius 1 is 1.07 bits per heavy atom. The molecule has 29 heavy (non-hydrogen) atoms. The minimum Gasteiger partial charge on any atom is -0.438 e. The number of nitrogens with one attached hydrogen (secondary N) is 1. The van der Waals surface area contributed by atoms with Gasteiger partial charge in [-0.2, -0.15) is 0 Å². The van der Waals surface area contributed by atoms with Gasteiger partial charge in [0.15, 0.2) is 0 Å². The zero-order chi connectivity index (χ0) is 20.4. The molecule has 0 radical (unpaired) electrons. The number of halogens is 1. The fourth-order valence-electron chi connectivity index (χ4n) is 2.89. The van der Waals surface area contributed by atoms with Crippen LogP contribution in [0.15, 0.2) is 76.3 Å². The molecule has 5 nitrogen and oxygen atoms in total. The van der Waals surface area contributed by atoms with Crippen LogP contribution in [0.1, 0.15) is 21.5 Å². The first-order valence-corrected chi connectivity index (χ1v) is 9.45. The summed E-state index contributed by atoms with van der Waals surface area (Å²) in [5, 5.41) is 4.24. The lowest BCUT2D eigenvalue weighted by atomic mass is 10.1. The molecule has 2 aromatic carbocycles. The number of fused-ring (bicyclic) bond motifs is 1. The number of carbonyl (C=O) groups is 1. The fraction of sp³-hybridized carbons (Fsp3) is 0.0870. The number of pyridine rings is 1. The van der Waals surface area contributed by atoms with Gasteiger partial charge < -0.3 is 9.73 Å². The zero-order valence-corrected chi connectivity index (χ0v) is 16.7. The van der Waals surface area contributed by atoms with Crippen LogP contribution in [0, 0.1) is 13.8 Å². The maximum absolute atomic E-state index is 13.0. The highest BCUT2D eigenvalue weighted by Gasteiger charge is 2.14. The summed E-state index contributed by atoms with van der Waals surface area (Å²) in [4.78, 5) is 21.8. The number of carbonyl (C=O) groups excluding carboxylic acids is 1. The molecule has 4 rings (SSSR count). The molecule has 2 aromatic heterocycles. The topological polar surface area (TPSA) is 67.5 Å². The monoisotopic (exact) mass is 403 g/mol. The van der Waals surface area contributed by atoms with E-state index >= 15 is 0 Å². The van der Waals surface area contributed by atoms with Gasteiger partial charge in [0.1, 0.15) is 17.0 Å². The van der Waals surface area contributed by atoms with Crippen LogP contribution in [0.25, 0.3) is 11.0 Å². The van der Waals surface area contributed by atoms with Crippen molar-refractivity contribution in [3.63, 3.8) is 0 Å². The molecule has 0 bridgehead atoms. The lowest BCUT2D eigenvalue weighted by molar-refractivity contribution is 0.102. The van der Waals surface area contributed by atoms with Crippen LogP contribution in [-0.2, 0) is 0 Å². The standard InChI is InChI=1S/C23H18ClN3O2/c1-14-7-10-21(25-13-14)27-22(28)18-12-16-5-3-4-6-20(16)29-23(18)26-19-9-8-17(24)11-15(19)2/h3-13H,1-2H3,(H,25,27,28). The van der Waals surface area contributed by atoms with Crippen LogP contribution in [0.5, 0.6) is 0 Å². The molecule has 144 valence electrons. The van der Waals surface area contributed by atoms with Gasteiger partial charge in [-0.3, -0.25) is 4.79 Å². The van der Waals surface area contributed by atoms with Crippen molar-refractivity contribution in [3.8, 4) is 0 Å². The molecule has 0 atom stereocenters. The highest BCUT2D eigenvalue weighted by molar-refractivity contribution is 6.30. The zero-order valence-electron chi connectivity index (χ0n) is 15.9. The Hall–Kier alpha value is -3.44. The Balaban J connectivity index is 1.84. The molecule has 0 saturated heterocycles. The highest BCUT2D eigenvalue weighted by atomic mass is 35.5. The summed E-state index contributed by atoms with van der Waals surface area (Å²) < 4.78 is 5.98. The number of aromatic nitrogens is 1. The first kappa shape index (κ1) is 18.9. The molecule has 4 aromatic rings. The van der Waals surface area contributed by atoms with Gasteiger partial charge in [0.25, 0.3) is 5.91 Å². The third-order valence-electron chi connectivity index (χ3n) is 4.43. The van der Waals surface area contributed by atoms with E-state index < -0.39 is 0 Å². The van der Waals surface area contributed by atoms with E-state index in [-0.39, 0.29) is 11.5 Å². The number of nitrogens with zero attached hydrogens (tertiary/aromatic N) is 2. The van der Waals surface area contributed by atoms with Gasteiger partial charge in [0, 0.05) is 16.6 Å². The molecule has 0 saturated carbocycles. The summed E-state index contributed by atoms with van der Waals surface area (Å²) in [5.74, 6) is 0.114. The van der Waals surface area contributed by atoms with Gasteiger partial charge in [-0.15, -0.1) is 0 Å². The van der Waals surface area contributed by atoms with E-state index in [4.69, 9.17) is 16.0 Å². The van der Waals surface area contributed by atoms with Gasteiger partial charge >= 0.3 is 0 Å². The highest BCUT2D eigenvalue weighted by Crippen LogP contribution is 2.22. The Labute approximate surface area is 172 Å². The molecule has 0 fully saturated rings. The van der Waals surface area contributed by atoms with Crippen molar-refractivity contribution in [1.82, 2.24) is 4.98 Å². The van der Waals surface area contributed by atoms with Gasteiger partial charge in [-0.05, 0) is 61.4 Å². The Kier molecular flexibility index (Phi) is 5.14. The average molecular weight is 404 g/mol. The quantitative estimate of drug-likeness (QED) is 0.485. The first-order chi connectivity index (χ1) is 14.0. The lowest BCUT2D eigenvalue weighted by Gasteiger charge is -2.07. The maximum Gasteiger partial charge on any atom is 0.262 e. The van der Waals surface area contributed by atoms with E-state index in [1.807, 2.05) is 50.2 Å². The van der Waals surface area contributed by atoms with Crippen molar-refractivity contribution in [2.24, 2.45) is 4.99 Å². The number of anilines is 1. The average Bonchev–Trinajstić information content (AvgIpc) is 2.71. The van der Waals surface area contributed by atoms with Gasteiger partial charge in [0.2, 0.25) is 5.55 Å². The number of benzene rings is 2. The number of hydrogen-bond donors (Lipinski definition) is 1. The number of para-hydroxylation sites is 1. The summed E-state index contributed by atoms with van der Waals surface area (Å²) >= 11 is 6.04. The van der Waals surface area contributed by atoms with Crippen molar-refractivity contribution < 1.29 is 9.21 Å². The molecule has 0 spiro atoms. The second-order valence-corrected chi connectivity index (χ2v) is 7.16. The van der Waals surface area contributed by atoms with Gasteiger partial charge in [-0.1, -0.05) is 35.9 Å². The molecule has 1 amide bonds. The van der Waals surface area contributed by atoms with Crippen LogP contribution < -0.4 is 10.9 Å². The van der Waals surface area contributed by atoms with Crippen molar-refractivity contribution in [1.29, 1.82) is 0 Å². The van der Waals surface area contributed by atoms with Crippen LogP contribution >= 0.6 is 11.6 Å². The van der Waals surface area contributed by atoms with E-state index in [0.717, 1.165) is 16.5 Å². The Bertz CT molecular complexity index is 1280. The molecule has 0 aliphatic carbocycles. The minimum atomic E-state index is -0.346. The van der Waals surface area contributed by atoms with Crippen molar-refractivity contribution in [2.75, 3.05) is 5.32 Å². The van der Waals surface area contributed by atoms with Crippen molar-refractivity contribution in [3.05, 3.63) is 94.1 Å². The normalized spacial score (nSPS) is 11.6. The maximum atomic E-state index is 13.0. The van der Waals surface area contributed by atoms with E-state index in [1.165, 1.54) is 0 Å². The number of amides is 1. The van der Waals surface area contributed by atoms with E-state index in [0.29, 0.717) is 27.7 Å². The van der Waals surface area contributed by atoms with Crippen LogP contribution in [0.4, 0.5) is 11.5 Å². The lowest BCUT2D eigenvalue weighted by Crippen LogP contribution is -2.22. The SMILES string of the molecule is Cc1ccc(NC(=O)c2cc3ccccc3oc2=Nc2ccc(Cl)cc2C)nc1. The van der Waals surface area contributed by atoms with Crippen molar-refractivity contribution in [2.45, 2.75) is 13.8 Å². The smallest absolute Gasteiger partial charge is 0.262 e. The van der Waals surface area contributed by atoms with Gasteiger partial charge in [0.05, 0.1) is 5.69 Å². The number of hydrogen-bond acceptors (Lipinski definition) is 4. The molecule has 0 aliphatic rings. The molecule has 0 aliphatic heterocycles. The summed E-state index contributed by atoms with van der Waals surface area (Å²) in [6, 6.07) is 18.3. The second kappa shape index (κ2) is 7.89. The predicted octanol–water partition coefficient (Wildman–Crippen LogP) is 5.58. The van der Waals surface area contributed by atoms with E-state index in [1.54, 1.807) is 30.5 Å².